The highest BCUT2D eigenvalue weighted by Crippen LogP contribution is 2.35. The van der Waals surface area contributed by atoms with Crippen LogP contribution in [0.2, 0.25) is 0 Å². The molecular weight excluding hydrogens is 298 g/mol. The van der Waals surface area contributed by atoms with E-state index >= 15 is 0 Å². The van der Waals surface area contributed by atoms with Crippen molar-refractivity contribution in [3.8, 4) is 23.1 Å². The SMILES string of the molecule is COc1ccc(Oc2ncccc2OC)c(Br)c1. The summed E-state index contributed by atoms with van der Waals surface area (Å²) in [6, 6.07) is 9.02. The van der Waals surface area contributed by atoms with Gasteiger partial charge in [-0.05, 0) is 46.3 Å². The first-order chi connectivity index (χ1) is 8.74. The molecular formula is C13H12BrNO3. The Labute approximate surface area is 114 Å². The van der Waals surface area contributed by atoms with E-state index < -0.39 is 0 Å². The van der Waals surface area contributed by atoms with Gasteiger partial charge in [0.2, 0.25) is 0 Å². The lowest BCUT2D eigenvalue weighted by Gasteiger charge is -2.10. The molecule has 1 heterocycles. The number of aromatic nitrogens is 1. The fourth-order valence-electron chi connectivity index (χ4n) is 1.40. The van der Waals surface area contributed by atoms with Crippen molar-refractivity contribution in [3.63, 3.8) is 0 Å². The number of benzene rings is 1. The van der Waals surface area contributed by atoms with Crippen LogP contribution in [-0.4, -0.2) is 19.2 Å². The third-order valence-electron chi connectivity index (χ3n) is 2.30. The standard InChI is InChI=1S/C13H12BrNO3/c1-16-9-5-6-11(10(14)8-9)18-13-12(17-2)4-3-7-15-13/h3-8H,1-2H3. The lowest BCUT2D eigenvalue weighted by molar-refractivity contribution is 0.368. The van der Waals surface area contributed by atoms with E-state index in [0.717, 1.165) is 10.2 Å². The summed E-state index contributed by atoms with van der Waals surface area (Å²) in [4.78, 5) is 4.13. The molecule has 2 rings (SSSR count). The molecule has 1 aromatic carbocycles. The molecule has 0 amide bonds. The predicted molar refractivity (Wildman–Crippen MR) is 71.6 cm³/mol. The summed E-state index contributed by atoms with van der Waals surface area (Å²) in [6.07, 6.45) is 1.65. The van der Waals surface area contributed by atoms with Gasteiger partial charge in [0.25, 0.3) is 5.88 Å². The molecule has 0 bridgehead atoms. The number of pyridine rings is 1. The quantitative estimate of drug-likeness (QED) is 0.864. The monoisotopic (exact) mass is 309 g/mol. The van der Waals surface area contributed by atoms with Crippen LogP contribution in [0.1, 0.15) is 0 Å². The first kappa shape index (κ1) is 12.7. The average molecular weight is 310 g/mol. The number of halogens is 1. The lowest BCUT2D eigenvalue weighted by atomic mass is 10.3. The summed E-state index contributed by atoms with van der Waals surface area (Å²) in [5.41, 5.74) is 0. The number of hydrogen-bond donors (Lipinski definition) is 0. The maximum Gasteiger partial charge on any atom is 0.262 e. The zero-order valence-corrected chi connectivity index (χ0v) is 11.6. The average Bonchev–Trinajstić information content (AvgIpc) is 2.41. The Balaban J connectivity index is 2.28. The predicted octanol–water partition coefficient (Wildman–Crippen LogP) is 3.65. The third kappa shape index (κ3) is 2.73. The molecule has 0 unspecified atom stereocenters. The van der Waals surface area contributed by atoms with Gasteiger partial charge in [0.05, 0.1) is 18.7 Å². The van der Waals surface area contributed by atoms with Gasteiger partial charge in [-0.25, -0.2) is 4.98 Å². The van der Waals surface area contributed by atoms with Crippen molar-refractivity contribution in [2.45, 2.75) is 0 Å². The molecule has 0 aliphatic rings. The molecule has 0 saturated carbocycles. The number of nitrogens with zero attached hydrogens (tertiary/aromatic N) is 1. The second kappa shape index (κ2) is 5.73. The van der Waals surface area contributed by atoms with Crippen LogP contribution in [0.4, 0.5) is 0 Å². The molecule has 18 heavy (non-hydrogen) atoms. The van der Waals surface area contributed by atoms with Crippen molar-refractivity contribution in [2.75, 3.05) is 14.2 Å². The van der Waals surface area contributed by atoms with Gasteiger partial charge in [0.15, 0.2) is 5.75 Å². The second-order valence-electron chi connectivity index (χ2n) is 3.41. The molecule has 5 heteroatoms. The topological polar surface area (TPSA) is 40.6 Å². The number of methoxy groups -OCH3 is 2. The van der Waals surface area contributed by atoms with Crippen LogP contribution in [0.3, 0.4) is 0 Å². The highest BCUT2D eigenvalue weighted by Gasteiger charge is 2.09. The zero-order chi connectivity index (χ0) is 13.0. The van der Waals surface area contributed by atoms with Crippen LogP contribution >= 0.6 is 15.9 Å². The van der Waals surface area contributed by atoms with Crippen molar-refractivity contribution < 1.29 is 14.2 Å². The van der Waals surface area contributed by atoms with Gasteiger partial charge in [-0.2, -0.15) is 0 Å². The van der Waals surface area contributed by atoms with Crippen molar-refractivity contribution in [2.24, 2.45) is 0 Å². The molecule has 0 atom stereocenters. The fourth-order valence-corrected chi connectivity index (χ4v) is 1.84. The number of rotatable bonds is 4. The van der Waals surface area contributed by atoms with Crippen molar-refractivity contribution >= 4 is 15.9 Å². The highest BCUT2D eigenvalue weighted by molar-refractivity contribution is 9.10. The van der Waals surface area contributed by atoms with Crippen LogP contribution in [0.5, 0.6) is 23.1 Å². The molecule has 0 saturated heterocycles. The summed E-state index contributed by atoms with van der Waals surface area (Å²) in [5.74, 6) is 2.40. The van der Waals surface area contributed by atoms with Gasteiger partial charge in [-0.15, -0.1) is 0 Å². The smallest absolute Gasteiger partial charge is 0.262 e. The largest absolute Gasteiger partial charge is 0.497 e. The minimum Gasteiger partial charge on any atom is -0.497 e. The summed E-state index contributed by atoms with van der Waals surface area (Å²) in [5, 5.41) is 0. The molecule has 0 fully saturated rings. The van der Waals surface area contributed by atoms with Gasteiger partial charge in [-0.1, -0.05) is 0 Å². The molecule has 0 radical (unpaired) electrons. The normalized spacial score (nSPS) is 9.94. The molecule has 0 spiro atoms. The number of hydrogen-bond acceptors (Lipinski definition) is 4. The number of ether oxygens (including phenoxy) is 3. The maximum absolute atomic E-state index is 5.69. The summed E-state index contributed by atoms with van der Waals surface area (Å²) in [6.45, 7) is 0. The summed E-state index contributed by atoms with van der Waals surface area (Å²) < 4.78 is 16.8. The third-order valence-corrected chi connectivity index (χ3v) is 2.92. The van der Waals surface area contributed by atoms with Gasteiger partial charge in [0.1, 0.15) is 11.5 Å². The highest BCUT2D eigenvalue weighted by atomic mass is 79.9. The van der Waals surface area contributed by atoms with E-state index in [1.165, 1.54) is 0 Å². The maximum atomic E-state index is 5.69. The fraction of sp³-hybridized carbons (Fsp3) is 0.154. The zero-order valence-electron chi connectivity index (χ0n) is 10.0. The lowest BCUT2D eigenvalue weighted by Crippen LogP contribution is -1.93. The first-order valence-electron chi connectivity index (χ1n) is 5.25. The van der Waals surface area contributed by atoms with Crippen LogP contribution in [-0.2, 0) is 0 Å². The van der Waals surface area contributed by atoms with E-state index in [1.54, 1.807) is 38.6 Å². The van der Waals surface area contributed by atoms with Crippen LogP contribution in [0.25, 0.3) is 0 Å². The molecule has 94 valence electrons. The Bertz CT molecular complexity index is 546. The molecule has 0 N–H and O–H groups in total. The van der Waals surface area contributed by atoms with E-state index in [-0.39, 0.29) is 0 Å². The molecule has 0 aliphatic carbocycles. The van der Waals surface area contributed by atoms with Gasteiger partial charge < -0.3 is 14.2 Å². The Hall–Kier alpha value is -1.75. The molecule has 4 nitrogen and oxygen atoms in total. The van der Waals surface area contributed by atoms with Crippen LogP contribution in [0, 0.1) is 0 Å². The van der Waals surface area contributed by atoms with Crippen LogP contribution in [0.15, 0.2) is 41.0 Å². The first-order valence-corrected chi connectivity index (χ1v) is 6.04. The summed E-state index contributed by atoms with van der Waals surface area (Å²) >= 11 is 3.42. The Kier molecular flexibility index (Phi) is 4.04. The van der Waals surface area contributed by atoms with Crippen molar-refractivity contribution in [1.29, 1.82) is 0 Å². The Morgan fingerprint density at radius 1 is 1.06 bits per heavy atom. The van der Waals surface area contributed by atoms with E-state index in [9.17, 15) is 0 Å². The van der Waals surface area contributed by atoms with Gasteiger partial charge >= 0.3 is 0 Å². The summed E-state index contributed by atoms with van der Waals surface area (Å²) in [7, 11) is 3.19. The van der Waals surface area contributed by atoms with Crippen molar-refractivity contribution in [3.05, 3.63) is 41.0 Å². The van der Waals surface area contributed by atoms with Gasteiger partial charge in [-0.3, -0.25) is 0 Å². The molecule has 0 aliphatic heterocycles. The van der Waals surface area contributed by atoms with E-state index in [0.29, 0.717) is 17.4 Å². The van der Waals surface area contributed by atoms with E-state index in [4.69, 9.17) is 14.2 Å². The molecule has 1 aromatic heterocycles. The van der Waals surface area contributed by atoms with Gasteiger partial charge in [0, 0.05) is 6.20 Å². The van der Waals surface area contributed by atoms with Crippen molar-refractivity contribution in [1.82, 2.24) is 4.98 Å². The Morgan fingerprint density at radius 2 is 1.89 bits per heavy atom. The minimum absolute atomic E-state index is 0.422. The second-order valence-corrected chi connectivity index (χ2v) is 4.26. The van der Waals surface area contributed by atoms with E-state index in [2.05, 4.69) is 20.9 Å². The van der Waals surface area contributed by atoms with E-state index in [1.807, 2.05) is 12.1 Å². The van der Waals surface area contributed by atoms with Crippen LogP contribution < -0.4 is 14.2 Å². The minimum atomic E-state index is 0.422. The molecule has 2 aromatic rings. The Morgan fingerprint density at radius 3 is 2.56 bits per heavy atom.